The molecule has 94 valence electrons. The fourth-order valence-electron chi connectivity index (χ4n) is 1.89. The zero-order valence-electron chi connectivity index (χ0n) is 9.24. The van der Waals surface area contributed by atoms with Crippen molar-refractivity contribution >= 4 is 23.5 Å². The summed E-state index contributed by atoms with van der Waals surface area (Å²) in [7, 11) is 0. The molecule has 1 atom stereocenters. The van der Waals surface area contributed by atoms with Crippen LogP contribution in [-0.2, 0) is 9.59 Å². The van der Waals surface area contributed by atoms with Crippen LogP contribution in [0.2, 0.25) is 0 Å². The summed E-state index contributed by atoms with van der Waals surface area (Å²) in [4.78, 5) is 38.4. The fraction of sp³-hybridized carbons (Fsp3) is 0.273. The van der Waals surface area contributed by atoms with E-state index in [1.54, 1.807) is 0 Å². The number of anilines is 1. The van der Waals surface area contributed by atoms with Crippen LogP contribution in [0, 0.1) is 5.92 Å². The predicted octanol–water partition coefficient (Wildman–Crippen LogP) is 0.217. The topological polar surface area (TPSA) is 108 Å². The number of rotatable bonds is 3. The average molecular weight is 250 g/mol. The Bertz CT molecular complexity index is 528. The highest BCUT2D eigenvalue weighted by molar-refractivity contribution is 6.04. The number of carboxylic acid groups (broad SMARTS) is 2. The summed E-state index contributed by atoms with van der Waals surface area (Å²) in [5.74, 6) is -3.45. The smallest absolute Gasteiger partial charge is 0.339 e. The summed E-state index contributed by atoms with van der Waals surface area (Å²) >= 11 is 0. The van der Waals surface area contributed by atoms with Crippen LogP contribution < -0.4 is 4.90 Å². The first-order chi connectivity index (χ1) is 8.50. The van der Waals surface area contributed by atoms with E-state index < -0.39 is 23.8 Å². The van der Waals surface area contributed by atoms with Crippen LogP contribution in [0.5, 0.6) is 0 Å². The summed E-state index contributed by atoms with van der Waals surface area (Å²) in [6.07, 6.45) is 2.39. The highest BCUT2D eigenvalue weighted by Crippen LogP contribution is 2.27. The van der Waals surface area contributed by atoms with Gasteiger partial charge in [0, 0.05) is 25.4 Å². The summed E-state index contributed by atoms with van der Waals surface area (Å²) in [6.45, 7) is -0.0154. The number of carboxylic acids is 2. The van der Waals surface area contributed by atoms with E-state index in [4.69, 9.17) is 10.2 Å². The second-order valence-corrected chi connectivity index (χ2v) is 3.94. The zero-order chi connectivity index (χ0) is 13.3. The van der Waals surface area contributed by atoms with Crippen molar-refractivity contribution in [3.05, 3.63) is 24.0 Å². The number of hydrogen-bond acceptors (Lipinski definition) is 4. The number of carbonyl (C=O) groups is 3. The molecule has 1 amide bonds. The van der Waals surface area contributed by atoms with Crippen LogP contribution in [0.1, 0.15) is 16.8 Å². The van der Waals surface area contributed by atoms with E-state index in [1.165, 1.54) is 17.2 Å². The Hall–Kier alpha value is -2.44. The summed E-state index contributed by atoms with van der Waals surface area (Å²) < 4.78 is 0. The van der Waals surface area contributed by atoms with E-state index >= 15 is 0 Å². The van der Waals surface area contributed by atoms with Crippen molar-refractivity contribution in [2.24, 2.45) is 5.92 Å². The molecule has 18 heavy (non-hydrogen) atoms. The molecule has 1 saturated heterocycles. The number of hydrogen-bond donors (Lipinski definition) is 2. The first kappa shape index (κ1) is 12.0. The Labute approximate surface area is 102 Å². The lowest BCUT2D eigenvalue weighted by Crippen LogP contribution is -2.27. The number of carbonyl (C=O) groups excluding carboxylic acids is 1. The summed E-state index contributed by atoms with van der Waals surface area (Å²) in [6, 6.07) is 1.39. The Morgan fingerprint density at radius 3 is 2.67 bits per heavy atom. The molecule has 1 aliphatic heterocycles. The highest BCUT2D eigenvalue weighted by atomic mass is 16.4. The Balaban J connectivity index is 2.35. The molecule has 1 fully saturated rings. The SMILES string of the molecule is O=C(O)c1cnccc1N1CC(C(=O)O)CC1=O. The van der Waals surface area contributed by atoms with Gasteiger partial charge in [0.1, 0.15) is 5.56 Å². The van der Waals surface area contributed by atoms with Crippen LogP contribution in [0.15, 0.2) is 18.5 Å². The van der Waals surface area contributed by atoms with Gasteiger partial charge in [-0.1, -0.05) is 0 Å². The van der Waals surface area contributed by atoms with Crippen molar-refractivity contribution in [3.63, 3.8) is 0 Å². The van der Waals surface area contributed by atoms with Gasteiger partial charge < -0.3 is 15.1 Å². The fourth-order valence-corrected chi connectivity index (χ4v) is 1.89. The molecule has 2 heterocycles. The molecule has 1 unspecified atom stereocenters. The molecule has 0 aliphatic carbocycles. The van der Waals surface area contributed by atoms with Gasteiger partial charge in [0.05, 0.1) is 11.6 Å². The second kappa shape index (κ2) is 4.44. The van der Waals surface area contributed by atoms with Gasteiger partial charge in [-0.05, 0) is 6.07 Å². The third kappa shape index (κ3) is 2.02. The maximum atomic E-state index is 11.7. The van der Waals surface area contributed by atoms with Crippen LogP contribution in [-0.4, -0.2) is 39.6 Å². The number of aromatic carboxylic acids is 1. The van der Waals surface area contributed by atoms with Crippen LogP contribution in [0.25, 0.3) is 0 Å². The minimum absolute atomic E-state index is 0.0154. The monoisotopic (exact) mass is 250 g/mol. The maximum absolute atomic E-state index is 11.7. The molecular weight excluding hydrogens is 240 g/mol. The van der Waals surface area contributed by atoms with Gasteiger partial charge in [-0.25, -0.2) is 4.79 Å². The van der Waals surface area contributed by atoms with Crippen molar-refractivity contribution in [3.8, 4) is 0 Å². The molecule has 1 aromatic rings. The third-order valence-corrected chi connectivity index (χ3v) is 2.79. The summed E-state index contributed by atoms with van der Waals surface area (Å²) in [5.41, 5.74) is 0.0724. The lowest BCUT2D eigenvalue weighted by atomic mass is 10.1. The van der Waals surface area contributed by atoms with Crippen LogP contribution in [0.4, 0.5) is 5.69 Å². The van der Waals surface area contributed by atoms with Gasteiger partial charge in [-0.15, -0.1) is 0 Å². The number of pyridine rings is 1. The quantitative estimate of drug-likeness (QED) is 0.794. The van der Waals surface area contributed by atoms with Gasteiger partial charge in [-0.2, -0.15) is 0 Å². The number of aliphatic carboxylic acids is 1. The van der Waals surface area contributed by atoms with E-state index in [0.29, 0.717) is 0 Å². The Morgan fingerprint density at radius 2 is 2.11 bits per heavy atom. The highest BCUT2D eigenvalue weighted by Gasteiger charge is 2.36. The number of aromatic nitrogens is 1. The zero-order valence-corrected chi connectivity index (χ0v) is 9.24. The largest absolute Gasteiger partial charge is 0.481 e. The molecule has 0 saturated carbocycles. The molecule has 0 spiro atoms. The third-order valence-electron chi connectivity index (χ3n) is 2.79. The van der Waals surface area contributed by atoms with Crippen molar-refractivity contribution in [1.82, 2.24) is 4.98 Å². The van der Waals surface area contributed by atoms with Gasteiger partial charge >= 0.3 is 11.9 Å². The molecule has 0 bridgehead atoms. The molecule has 7 heteroatoms. The van der Waals surface area contributed by atoms with Crippen molar-refractivity contribution in [2.75, 3.05) is 11.4 Å². The predicted molar refractivity (Wildman–Crippen MR) is 59.3 cm³/mol. The molecule has 2 N–H and O–H groups in total. The van der Waals surface area contributed by atoms with E-state index in [9.17, 15) is 14.4 Å². The van der Waals surface area contributed by atoms with Crippen LogP contribution in [0.3, 0.4) is 0 Å². The molecule has 1 aliphatic rings. The van der Waals surface area contributed by atoms with E-state index in [-0.39, 0.29) is 24.2 Å². The number of amides is 1. The van der Waals surface area contributed by atoms with E-state index in [2.05, 4.69) is 4.98 Å². The maximum Gasteiger partial charge on any atom is 0.339 e. The molecule has 0 aromatic carbocycles. The van der Waals surface area contributed by atoms with Gasteiger partial charge in [0.15, 0.2) is 0 Å². The lowest BCUT2D eigenvalue weighted by molar-refractivity contribution is -0.141. The molecular formula is C11H10N2O5. The van der Waals surface area contributed by atoms with E-state index in [0.717, 1.165) is 6.20 Å². The lowest BCUT2D eigenvalue weighted by Gasteiger charge is -2.17. The average Bonchev–Trinajstić information content (AvgIpc) is 2.71. The van der Waals surface area contributed by atoms with Gasteiger partial charge in [-0.3, -0.25) is 14.6 Å². The standard InChI is InChI=1S/C11H10N2O5/c14-9-3-6(10(15)16)5-13(9)8-1-2-12-4-7(8)11(17)18/h1-2,4,6H,3,5H2,(H,15,16)(H,17,18). The van der Waals surface area contributed by atoms with Crippen molar-refractivity contribution < 1.29 is 24.6 Å². The minimum atomic E-state index is -1.20. The molecule has 0 radical (unpaired) electrons. The van der Waals surface area contributed by atoms with Crippen LogP contribution >= 0.6 is 0 Å². The minimum Gasteiger partial charge on any atom is -0.481 e. The first-order valence-corrected chi connectivity index (χ1v) is 5.21. The van der Waals surface area contributed by atoms with Crippen molar-refractivity contribution in [2.45, 2.75) is 6.42 Å². The molecule has 2 rings (SSSR count). The Morgan fingerprint density at radius 1 is 1.39 bits per heavy atom. The second-order valence-electron chi connectivity index (χ2n) is 3.94. The van der Waals surface area contributed by atoms with Gasteiger partial charge in [0.25, 0.3) is 0 Å². The van der Waals surface area contributed by atoms with Crippen molar-refractivity contribution in [1.29, 1.82) is 0 Å². The van der Waals surface area contributed by atoms with E-state index in [1.807, 2.05) is 0 Å². The summed E-state index contributed by atoms with van der Waals surface area (Å²) in [5, 5.41) is 17.9. The molecule has 7 nitrogen and oxygen atoms in total. The first-order valence-electron chi connectivity index (χ1n) is 5.21. The Kier molecular flexibility index (Phi) is 2.97. The number of nitrogens with zero attached hydrogens (tertiary/aromatic N) is 2. The van der Waals surface area contributed by atoms with Gasteiger partial charge in [0.2, 0.25) is 5.91 Å². The normalized spacial score (nSPS) is 19.0. The molecule has 1 aromatic heterocycles.